The molecule has 1 rings (SSSR count). The van der Waals surface area contributed by atoms with E-state index in [1.165, 1.54) is 0 Å². The van der Waals surface area contributed by atoms with Gasteiger partial charge in [0.25, 0.3) is 0 Å². The molecule has 0 unspecified atom stereocenters. The van der Waals surface area contributed by atoms with Crippen LogP contribution in [-0.4, -0.2) is 0 Å². The summed E-state index contributed by atoms with van der Waals surface area (Å²) in [6.45, 7) is 0. The van der Waals surface area contributed by atoms with E-state index in [9.17, 15) is 0 Å². The minimum absolute atomic E-state index is 0. The Hall–Kier alpha value is 0.660. The van der Waals surface area contributed by atoms with Gasteiger partial charge in [-0.05, 0) is 18.2 Å². The van der Waals surface area contributed by atoms with Crippen molar-refractivity contribution >= 4 is 29.9 Å². The van der Waals surface area contributed by atoms with Gasteiger partial charge in [0.1, 0.15) is 0 Å². The molecule has 0 aliphatic rings. The molecule has 0 amide bonds. The third kappa shape index (κ3) is 2.72. The second-order valence-corrected chi connectivity index (χ2v) is 2.62. The van der Waals surface area contributed by atoms with E-state index in [0.717, 1.165) is 4.90 Å². The van der Waals surface area contributed by atoms with Crippen LogP contribution in [0.1, 0.15) is 1.43 Å². The normalized spacial score (nSPS) is 8.60. The number of anilines is 1. The van der Waals surface area contributed by atoms with Crippen molar-refractivity contribution in [3.05, 3.63) is 23.2 Å². The fourth-order valence-corrected chi connectivity index (χ4v) is 0.845. The van der Waals surface area contributed by atoms with Crippen molar-refractivity contribution < 1.29 is 31.0 Å². The molecule has 0 heterocycles. The van der Waals surface area contributed by atoms with Crippen molar-refractivity contribution in [3.8, 4) is 0 Å². The van der Waals surface area contributed by atoms with E-state index in [1.807, 2.05) is 0 Å². The second kappa shape index (κ2) is 4.52. The first-order chi connectivity index (χ1) is 4.20. The Labute approximate surface area is 94.1 Å². The van der Waals surface area contributed by atoms with Crippen molar-refractivity contribution in [1.29, 1.82) is 0 Å². The van der Waals surface area contributed by atoms with Gasteiger partial charge < -0.3 is 7.16 Å². The van der Waals surface area contributed by atoms with Crippen molar-refractivity contribution in [2.75, 3.05) is 5.73 Å². The molecule has 50 valence electrons. The average molecular weight is 184 g/mol. The summed E-state index contributed by atoms with van der Waals surface area (Å²) in [4.78, 5) is 0.763. The van der Waals surface area contributed by atoms with E-state index in [1.54, 1.807) is 18.2 Å². The third-order valence-electron chi connectivity index (χ3n) is 0.990. The first-order valence-corrected chi connectivity index (χ1v) is 3.26. The molecule has 0 saturated heterocycles. The van der Waals surface area contributed by atoms with Gasteiger partial charge in [0, 0.05) is 15.6 Å². The Morgan fingerprint density at radius 1 is 1.50 bits per heavy atom. The summed E-state index contributed by atoms with van der Waals surface area (Å²) in [5.74, 6) is 0. The third-order valence-corrected chi connectivity index (χ3v) is 1.63. The quantitative estimate of drug-likeness (QED) is 0.312. The maximum atomic E-state index is 5.60. The molecule has 0 fully saturated rings. The number of nitrogens with two attached hydrogens (primary N) is 1. The molecule has 0 spiro atoms. The smallest absolute Gasteiger partial charge is 1.00 e. The van der Waals surface area contributed by atoms with Crippen LogP contribution in [0.3, 0.4) is 0 Å². The molecule has 1 nitrogen and oxygen atoms in total. The fraction of sp³-hybridized carbons (Fsp3) is 0. The summed E-state index contributed by atoms with van der Waals surface area (Å²) >= 11 is 9.66. The van der Waals surface area contributed by atoms with Gasteiger partial charge in [0.05, 0.1) is 0 Å². The van der Waals surface area contributed by atoms with Gasteiger partial charge in [0.15, 0.2) is 0 Å². The molecule has 4 heteroatoms. The molecule has 0 bridgehead atoms. The molecule has 0 aliphatic heterocycles. The molecule has 0 aliphatic carbocycles. The Morgan fingerprint density at radius 2 is 2.10 bits per heavy atom. The molecular weight excluding hydrogens is 177 g/mol. The van der Waals surface area contributed by atoms with Crippen molar-refractivity contribution in [3.63, 3.8) is 0 Å². The van der Waals surface area contributed by atoms with Crippen LogP contribution in [-0.2, 0) is 0 Å². The van der Waals surface area contributed by atoms with Gasteiger partial charge >= 0.3 is 29.6 Å². The molecule has 0 saturated carbocycles. The first kappa shape index (κ1) is 10.7. The van der Waals surface area contributed by atoms with E-state index >= 15 is 0 Å². The van der Waals surface area contributed by atoms with Crippen molar-refractivity contribution in [1.82, 2.24) is 0 Å². The van der Waals surface area contributed by atoms with Crippen LogP contribution in [0.5, 0.6) is 0 Å². The predicted molar refractivity (Wildman–Crippen MR) is 44.2 cm³/mol. The zero-order valence-electron chi connectivity index (χ0n) is 6.63. The van der Waals surface area contributed by atoms with Gasteiger partial charge in [0.2, 0.25) is 0 Å². The number of halogens is 1. The number of benzene rings is 1. The first-order valence-electron chi connectivity index (χ1n) is 2.44. The van der Waals surface area contributed by atoms with Crippen LogP contribution in [0.15, 0.2) is 23.1 Å². The molecule has 1 aromatic rings. The van der Waals surface area contributed by atoms with Crippen LogP contribution in [0.25, 0.3) is 0 Å². The van der Waals surface area contributed by atoms with E-state index in [4.69, 9.17) is 17.3 Å². The standard InChI is InChI=1S/C6H6ClNS.Na.H/c7-4-1-2-6(9)5(8)3-4;;/h1-3,9H,8H2;;/q;+1;-1. The number of hydrogen-bond donors (Lipinski definition) is 2. The number of rotatable bonds is 0. The summed E-state index contributed by atoms with van der Waals surface area (Å²) in [6, 6.07) is 5.19. The fourth-order valence-electron chi connectivity index (χ4n) is 0.525. The summed E-state index contributed by atoms with van der Waals surface area (Å²) in [7, 11) is 0. The van der Waals surface area contributed by atoms with E-state index < -0.39 is 0 Å². The van der Waals surface area contributed by atoms with Crippen molar-refractivity contribution in [2.45, 2.75) is 4.90 Å². The zero-order valence-corrected chi connectivity index (χ0v) is 9.28. The minimum Gasteiger partial charge on any atom is -1.00 e. The largest absolute Gasteiger partial charge is 1.00 e. The Morgan fingerprint density at radius 3 is 2.50 bits per heavy atom. The van der Waals surface area contributed by atoms with Crippen LogP contribution in [0.2, 0.25) is 5.02 Å². The number of thiol groups is 1. The summed E-state index contributed by atoms with van der Waals surface area (Å²) in [5, 5.41) is 0.644. The summed E-state index contributed by atoms with van der Waals surface area (Å²) < 4.78 is 0. The molecule has 2 N–H and O–H groups in total. The van der Waals surface area contributed by atoms with E-state index in [2.05, 4.69) is 12.6 Å². The SMILES string of the molecule is Nc1cc(Cl)ccc1S.[H-].[Na+]. The molecule has 1 aromatic carbocycles. The molecular formula is C6H7ClNNaS. The van der Waals surface area contributed by atoms with Gasteiger partial charge in [-0.15, -0.1) is 12.6 Å². The number of nitrogen functional groups attached to an aromatic ring is 1. The van der Waals surface area contributed by atoms with Crippen molar-refractivity contribution in [2.24, 2.45) is 0 Å². The maximum absolute atomic E-state index is 5.60. The topological polar surface area (TPSA) is 26.0 Å². The van der Waals surface area contributed by atoms with Crippen LogP contribution < -0.4 is 35.3 Å². The molecule has 0 atom stereocenters. The monoisotopic (exact) mass is 183 g/mol. The predicted octanol–water partition coefficient (Wildman–Crippen LogP) is -0.673. The van der Waals surface area contributed by atoms with Crippen LogP contribution in [0, 0.1) is 0 Å². The van der Waals surface area contributed by atoms with E-state index in [0.29, 0.717) is 10.7 Å². The zero-order chi connectivity index (χ0) is 6.85. The van der Waals surface area contributed by atoms with Crippen LogP contribution >= 0.6 is 24.2 Å². The average Bonchev–Trinajstić information content (AvgIpc) is 1.80. The number of hydrogen-bond acceptors (Lipinski definition) is 2. The second-order valence-electron chi connectivity index (χ2n) is 1.70. The molecule has 0 radical (unpaired) electrons. The van der Waals surface area contributed by atoms with Crippen LogP contribution in [0.4, 0.5) is 5.69 Å². The Kier molecular flexibility index (Phi) is 4.82. The van der Waals surface area contributed by atoms with Gasteiger partial charge in [-0.25, -0.2) is 0 Å². The maximum Gasteiger partial charge on any atom is 1.00 e. The van der Waals surface area contributed by atoms with E-state index in [-0.39, 0.29) is 31.0 Å². The minimum atomic E-state index is 0. The molecule has 10 heavy (non-hydrogen) atoms. The Balaban J connectivity index is 0. The Bertz CT molecular complexity index is 234. The van der Waals surface area contributed by atoms with Gasteiger partial charge in [-0.3, -0.25) is 0 Å². The molecule has 0 aromatic heterocycles. The van der Waals surface area contributed by atoms with Gasteiger partial charge in [-0.2, -0.15) is 0 Å². The van der Waals surface area contributed by atoms with Gasteiger partial charge in [-0.1, -0.05) is 11.6 Å². The summed E-state index contributed by atoms with van der Waals surface area (Å²) in [6.07, 6.45) is 0. The summed E-state index contributed by atoms with van der Waals surface area (Å²) in [5.41, 5.74) is 6.08.